The van der Waals surface area contributed by atoms with Gasteiger partial charge >= 0.3 is 0 Å². The molecule has 0 bridgehead atoms. The first kappa shape index (κ1) is 19.2. The van der Waals surface area contributed by atoms with E-state index in [-0.39, 0.29) is 6.39 Å². The maximum absolute atomic E-state index is 5.25. The average Bonchev–Trinajstić information content (AvgIpc) is 2.90. The van der Waals surface area contributed by atoms with Crippen molar-refractivity contribution in [2.24, 2.45) is 0 Å². The largest absolute Gasteiger partial charge is 0.343 e. The molecule has 11 radical (unpaired) electrons. The van der Waals surface area contributed by atoms with Gasteiger partial charge in [0.2, 0.25) is 0 Å². The van der Waals surface area contributed by atoms with Gasteiger partial charge < -0.3 is 4.98 Å². The summed E-state index contributed by atoms with van der Waals surface area (Å²) in [5.41, 5.74) is 1.76. The van der Waals surface area contributed by atoms with E-state index in [2.05, 4.69) is 15.0 Å². The Labute approximate surface area is 130 Å². The second-order valence-electron chi connectivity index (χ2n) is 3.70. The van der Waals surface area contributed by atoms with E-state index in [1.807, 2.05) is 26.0 Å². The molecule has 12 heteroatoms. The molecule has 20 heavy (non-hydrogen) atoms. The molecule has 1 N–H and O–H groups in total. The number of nitrogens with zero attached hydrogens (tertiary/aromatic N) is 2. The minimum atomic E-state index is -0.574. The van der Waals surface area contributed by atoms with Crippen molar-refractivity contribution < 1.29 is 0 Å². The van der Waals surface area contributed by atoms with Gasteiger partial charge in [-0.25, -0.2) is 9.97 Å². The molecule has 0 aliphatic carbocycles. The SMILES string of the molecule is CC.[B][B]B(B([B])[B])B([B])[B].c1cnc2nc[nH]c2c1. The first-order valence-electron chi connectivity index (χ1n) is 6.37. The Bertz CT molecular complexity index is 425. The Balaban J connectivity index is 0.000000321. The number of nitrogens with one attached hydrogen (secondary N) is 1. The van der Waals surface area contributed by atoms with Crippen molar-refractivity contribution in [2.75, 3.05) is 0 Å². The Morgan fingerprint density at radius 1 is 1.10 bits per heavy atom. The molecular formula is C8H11B9N3. The zero-order valence-electron chi connectivity index (χ0n) is 11.9. The molecule has 0 spiro atoms. The lowest BCUT2D eigenvalue weighted by atomic mass is 8.64. The topological polar surface area (TPSA) is 41.6 Å². The van der Waals surface area contributed by atoms with Crippen molar-refractivity contribution >= 4 is 76.1 Å². The molecule has 2 aromatic heterocycles. The number of hydrogen-bond donors (Lipinski definition) is 1. The third-order valence-corrected chi connectivity index (χ3v) is 2.30. The van der Waals surface area contributed by atoms with Crippen LogP contribution in [0.2, 0.25) is 0 Å². The third kappa shape index (κ3) is 6.58. The fourth-order valence-electron chi connectivity index (χ4n) is 1.29. The van der Waals surface area contributed by atoms with E-state index < -0.39 is 12.8 Å². The van der Waals surface area contributed by atoms with Crippen molar-refractivity contribution in [3.63, 3.8) is 0 Å². The molecule has 0 fully saturated rings. The summed E-state index contributed by atoms with van der Waals surface area (Å²) in [5, 5.41) is 0. The lowest BCUT2D eigenvalue weighted by Crippen LogP contribution is -2.55. The summed E-state index contributed by atoms with van der Waals surface area (Å²) in [6, 6.07) is 3.82. The molecule has 2 heterocycles. The monoisotopic (exact) mass is 248 g/mol. The van der Waals surface area contributed by atoms with Gasteiger partial charge in [-0.3, -0.25) is 0 Å². The van der Waals surface area contributed by atoms with Crippen LogP contribution in [0.3, 0.4) is 0 Å². The Morgan fingerprint density at radius 3 is 2.10 bits per heavy atom. The first-order valence-corrected chi connectivity index (χ1v) is 6.37. The van der Waals surface area contributed by atoms with E-state index in [0.29, 0.717) is 0 Å². The summed E-state index contributed by atoms with van der Waals surface area (Å²) >= 11 is 0. The van der Waals surface area contributed by atoms with Crippen molar-refractivity contribution in [3.8, 4) is 0 Å². The molecule has 0 unspecified atom stereocenters. The van der Waals surface area contributed by atoms with Crippen molar-refractivity contribution in [3.05, 3.63) is 24.7 Å². The molecular weight excluding hydrogens is 235 g/mol. The number of fused-ring (bicyclic) bond motifs is 1. The smallest absolute Gasteiger partial charge is 0.177 e. The second kappa shape index (κ2) is 10.9. The quantitative estimate of drug-likeness (QED) is 0.674. The zero-order chi connectivity index (χ0) is 15.5. The van der Waals surface area contributed by atoms with Gasteiger partial charge in [0, 0.05) is 71.1 Å². The summed E-state index contributed by atoms with van der Waals surface area (Å²) in [6.45, 7) is 4.00. The highest BCUT2D eigenvalue weighted by molar-refractivity contribution is 7.93. The fraction of sp³-hybridized carbons (Fsp3) is 0.250. The number of pyridine rings is 1. The van der Waals surface area contributed by atoms with Crippen LogP contribution in [0.5, 0.6) is 0 Å². The minimum absolute atomic E-state index is 0.315. The molecule has 0 saturated carbocycles. The number of aromatic amines is 1. The molecule has 2 aromatic rings. The van der Waals surface area contributed by atoms with Crippen molar-refractivity contribution in [1.29, 1.82) is 0 Å². The first-order chi connectivity index (χ1) is 9.56. The van der Waals surface area contributed by atoms with Crippen LogP contribution in [0.25, 0.3) is 11.2 Å². The van der Waals surface area contributed by atoms with E-state index in [4.69, 9.17) is 38.7 Å². The predicted octanol–water partition coefficient (Wildman–Crippen LogP) is -1.44. The van der Waals surface area contributed by atoms with Gasteiger partial charge in [-0.15, -0.1) is 0 Å². The Morgan fingerprint density at radius 2 is 1.70 bits per heavy atom. The van der Waals surface area contributed by atoms with Gasteiger partial charge in [0.05, 0.1) is 11.8 Å². The molecule has 0 amide bonds. The number of rotatable bonds is 3. The van der Waals surface area contributed by atoms with E-state index in [1.165, 1.54) is 7.06 Å². The number of aromatic nitrogens is 3. The highest BCUT2D eigenvalue weighted by Crippen LogP contribution is 2.01. The van der Waals surface area contributed by atoms with Gasteiger partial charge in [-0.1, -0.05) is 13.8 Å². The van der Waals surface area contributed by atoms with Crippen LogP contribution in [0.15, 0.2) is 24.7 Å². The molecule has 3 nitrogen and oxygen atoms in total. The van der Waals surface area contributed by atoms with Crippen LogP contribution < -0.4 is 0 Å². The van der Waals surface area contributed by atoms with E-state index in [0.717, 1.165) is 11.2 Å². The summed E-state index contributed by atoms with van der Waals surface area (Å²) in [4.78, 5) is 10.9. The average molecular weight is 247 g/mol. The van der Waals surface area contributed by atoms with Crippen LogP contribution >= 0.6 is 0 Å². The molecule has 85 valence electrons. The standard InChI is InChI=1S/C6H5N3.C2H6.B9/c1-2-5-6(7-3-1)9-4-8-5;1-2;1-6-9(7(2)3)8(4)5/h1-4H,(H,7,8,9);1-2H3;. The zero-order valence-corrected chi connectivity index (χ0v) is 11.9. The van der Waals surface area contributed by atoms with Gasteiger partial charge in [-0.2, -0.15) is 0 Å². The van der Waals surface area contributed by atoms with Crippen molar-refractivity contribution in [2.45, 2.75) is 13.8 Å². The minimum Gasteiger partial charge on any atom is -0.343 e. The lowest BCUT2D eigenvalue weighted by Gasteiger charge is -2.17. The predicted molar refractivity (Wildman–Crippen MR) is 97.0 cm³/mol. The molecule has 2 rings (SSSR count). The number of imidazole rings is 1. The normalized spacial score (nSPS) is 8.50. The third-order valence-electron chi connectivity index (χ3n) is 2.30. The van der Waals surface area contributed by atoms with Crippen LogP contribution in [0.4, 0.5) is 0 Å². The lowest BCUT2D eigenvalue weighted by molar-refractivity contribution is 1.30. The Kier molecular flexibility index (Phi) is 10.5. The van der Waals surface area contributed by atoms with Crippen LogP contribution in [0, 0.1) is 0 Å². The van der Waals surface area contributed by atoms with E-state index in [1.54, 1.807) is 12.5 Å². The van der Waals surface area contributed by atoms with Gasteiger partial charge in [0.1, 0.15) is 0 Å². The van der Waals surface area contributed by atoms with E-state index in [9.17, 15) is 0 Å². The summed E-state index contributed by atoms with van der Waals surface area (Å²) in [7, 11) is 27.5. The second-order valence-corrected chi connectivity index (χ2v) is 3.70. The fourth-order valence-corrected chi connectivity index (χ4v) is 1.29. The van der Waals surface area contributed by atoms with Gasteiger partial charge in [0.15, 0.2) is 5.65 Å². The van der Waals surface area contributed by atoms with Crippen LogP contribution in [0.1, 0.15) is 13.8 Å². The van der Waals surface area contributed by atoms with Crippen molar-refractivity contribution in [1.82, 2.24) is 15.0 Å². The Hall–Kier alpha value is -0.796. The molecule has 0 aromatic carbocycles. The molecule has 0 saturated heterocycles. The van der Waals surface area contributed by atoms with Crippen LogP contribution in [-0.2, 0) is 0 Å². The summed E-state index contributed by atoms with van der Waals surface area (Å²) < 4.78 is 0. The number of H-pyrrole nitrogens is 1. The maximum atomic E-state index is 5.25. The van der Waals surface area contributed by atoms with Crippen LogP contribution in [-0.4, -0.2) is 79.9 Å². The number of hydrogen-bond acceptors (Lipinski definition) is 2. The summed E-state index contributed by atoms with van der Waals surface area (Å²) in [5.74, 6) is 0. The highest BCUT2D eigenvalue weighted by Gasteiger charge is 2.18. The summed E-state index contributed by atoms with van der Waals surface area (Å²) in [6.07, 6.45) is 1.90. The molecule has 0 aliphatic heterocycles. The highest BCUT2D eigenvalue weighted by atomic mass is 14.9. The molecule has 0 aliphatic rings. The molecule has 0 atom stereocenters. The maximum Gasteiger partial charge on any atom is 0.177 e. The van der Waals surface area contributed by atoms with Gasteiger partial charge in [0.25, 0.3) is 0 Å². The van der Waals surface area contributed by atoms with E-state index >= 15 is 0 Å². The van der Waals surface area contributed by atoms with Gasteiger partial charge in [-0.05, 0) is 12.1 Å².